The molecular weight excluding hydrogens is 224 g/mol. The molecule has 0 spiro atoms. The van der Waals surface area contributed by atoms with Gasteiger partial charge in [0.05, 0.1) is 0 Å². The number of hydrogen-bond donors (Lipinski definition) is 1. The number of hydrogen-bond acceptors (Lipinski definition) is 3. The number of carboxylic acids is 1. The molecule has 16 heavy (non-hydrogen) atoms. The fourth-order valence-electron chi connectivity index (χ4n) is 1.20. The third-order valence-corrected chi connectivity index (χ3v) is 3.16. The molecule has 0 aliphatic rings. The van der Waals surface area contributed by atoms with Crippen LogP contribution in [0.4, 0.5) is 0 Å². The predicted octanol–water partition coefficient (Wildman–Crippen LogP) is 2.85. The van der Waals surface area contributed by atoms with Crippen molar-refractivity contribution in [2.45, 2.75) is 24.7 Å². The van der Waals surface area contributed by atoms with Gasteiger partial charge in [0.2, 0.25) is 0 Å². The molecule has 1 rings (SSSR count). The molecule has 1 aromatic carbocycles. The molecule has 86 valence electrons. The summed E-state index contributed by atoms with van der Waals surface area (Å²) in [6.07, 6.45) is 0.868. The van der Waals surface area contributed by atoms with E-state index in [-0.39, 0.29) is 12.2 Å². The molecule has 1 aromatic rings. The molecule has 0 bridgehead atoms. The van der Waals surface area contributed by atoms with E-state index in [2.05, 4.69) is 0 Å². The van der Waals surface area contributed by atoms with E-state index in [0.717, 1.165) is 10.6 Å². The number of carbonyl (C=O) groups is 2. The normalized spacial score (nSPS) is 10.1. The second-order valence-electron chi connectivity index (χ2n) is 3.43. The van der Waals surface area contributed by atoms with Gasteiger partial charge in [0.1, 0.15) is 0 Å². The molecular formula is C12H14O3S. The number of rotatable bonds is 6. The molecule has 0 radical (unpaired) electrons. The molecule has 0 fully saturated rings. The number of thioether (sulfide) groups is 1. The minimum atomic E-state index is -0.757. The van der Waals surface area contributed by atoms with Gasteiger partial charge in [0, 0.05) is 16.9 Å². The van der Waals surface area contributed by atoms with E-state index in [1.54, 1.807) is 23.9 Å². The highest BCUT2D eigenvalue weighted by atomic mass is 32.2. The first kappa shape index (κ1) is 12.8. The lowest BCUT2D eigenvalue weighted by Gasteiger charge is -2.01. The van der Waals surface area contributed by atoms with Crippen molar-refractivity contribution in [3.63, 3.8) is 0 Å². The van der Waals surface area contributed by atoms with Crippen LogP contribution in [-0.2, 0) is 4.79 Å². The summed E-state index contributed by atoms with van der Waals surface area (Å²) < 4.78 is 0. The Kier molecular flexibility index (Phi) is 5.05. The zero-order valence-corrected chi connectivity index (χ0v) is 9.92. The summed E-state index contributed by atoms with van der Waals surface area (Å²) in [5.41, 5.74) is 0.704. The molecule has 0 unspecified atom stereocenters. The van der Waals surface area contributed by atoms with Crippen molar-refractivity contribution < 1.29 is 14.7 Å². The van der Waals surface area contributed by atoms with Gasteiger partial charge in [-0.3, -0.25) is 9.59 Å². The Labute approximate surface area is 98.9 Å². The zero-order chi connectivity index (χ0) is 12.0. The fraction of sp³-hybridized carbons (Fsp3) is 0.333. The van der Waals surface area contributed by atoms with Crippen LogP contribution in [0.3, 0.4) is 0 Å². The maximum atomic E-state index is 11.0. The molecule has 0 saturated heterocycles. The van der Waals surface area contributed by atoms with Crippen molar-refractivity contribution in [2.24, 2.45) is 0 Å². The molecule has 0 amide bonds. The lowest BCUT2D eigenvalue weighted by molar-refractivity contribution is -0.137. The van der Waals surface area contributed by atoms with E-state index in [1.807, 2.05) is 12.1 Å². The van der Waals surface area contributed by atoms with Crippen molar-refractivity contribution in [3.8, 4) is 0 Å². The maximum Gasteiger partial charge on any atom is 0.303 e. The summed E-state index contributed by atoms with van der Waals surface area (Å²) in [4.78, 5) is 22.4. The number of ketones is 1. The molecule has 3 nitrogen and oxygen atoms in total. The van der Waals surface area contributed by atoms with Gasteiger partial charge in [0.25, 0.3) is 0 Å². The molecule has 0 aliphatic carbocycles. The van der Waals surface area contributed by atoms with Crippen LogP contribution in [0.15, 0.2) is 29.2 Å². The molecule has 4 heteroatoms. The smallest absolute Gasteiger partial charge is 0.303 e. The highest BCUT2D eigenvalue weighted by molar-refractivity contribution is 7.99. The Balaban J connectivity index is 2.38. The van der Waals surface area contributed by atoms with Crippen LogP contribution >= 0.6 is 11.8 Å². The van der Waals surface area contributed by atoms with Crippen molar-refractivity contribution in [1.82, 2.24) is 0 Å². The quantitative estimate of drug-likeness (QED) is 0.470. The average molecular weight is 238 g/mol. The Morgan fingerprint density at radius 3 is 2.38 bits per heavy atom. The molecule has 0 heterocycles. The summed E-state index contributed by atoms with van der Waals surface area (Å²) >= 11 is 1.61. The third kappa shape index (κ3) is 4.49. The first-order chi connectivity index (χ1) is 7.59. The van der Waals surface area contributed by atoms with Gasteiger partial charge in [0.15, 0.2) is 5.78 Å². The van der Waals surface area contributed by atoms with Gasteiger partial charge in [-0.25, -0.2) is 0 Å². The van der Waals surface area contributed by atoms with Crippen LogP contribution in [0.5, 0.6) is 0 Å². The van der Waals surface area contributed by atoms with Gasteiger partial charge in [-0.2, -0.15) is 0 Å². The summed E-state index contributed by atoms with van der Waals surface area (Å²) in [6.45, 7) is 1.54. The Hall–Kier alpha value is -1.29. The number of benzene rings is 1. The summed E-state index contributed by atoms with van der Waals surface area (Å²) in [5, 5.41) is 8.46. The molecule has 0 aliphatic heterocycles. The Morgan fingerprint density at radius 2 is 1.88 bits per heavy atom. The summed E-state index contributed by atoms with van der Waals surface area (Å²) in [6, 6.07) is 7.37. The van der Waals surface area contributed by atoms with Crippen LogP contribution in [0, 0.1) is 0 Å². The molecule has 0 saturated carbocycles. The van der Waals surface area contributed by atoms with E-state index in [1.165, 1.54) is 6.92 Å². The minimum Gasteiger partial charge on any atom is -0.481 e. The van der Waals surface area contributed by atoms with Gasteiger partial charge in [-0.1, -0.05) is 12.1 Å². The van der Waals surface area contributed by atoms with Crippen molar-refractivity contribution in [2.75, 3.05) is 5.75 Å². The fourth-order valence-corrected chi connectivity index (χ4v) is 2.05. The monoisotopic (exact) mass is 238 g/mol. The van der Waals surface area contributed by atoms with E-state index in [0.29, 0.717) is 12.0 Å². The first-order valence-corrected chi connectivity index (χ1v) is 6.04. The number of carbonyl (C=O) groups excluding carboxylic acids is 1. The number of aliphatic carboxylic acids is 1. The lowest BCUT2D eigenvalue weighted by Crippen LogP contribution is -1.95. The SMILES string of the molecule is CC(=O)c1ccc(SCCCC(=O)O)cc1. The third-order valence-electron chi connectivity index (χ3n) is 2.06. The van der Waals surface area contributed by atoms with E-state index < -0.39 is 5.97 Å². The van der Waals surface area contributed by atoms with E-state index in [9.17, 15) is 9.59 Å². The van der Waals surface area contributed by atoms with Crippen LogP contribution in [0.25, 0.3) is 0 Å². The minimum absolute atomic E-state index is 0.0578. The molecule has 0 atom stereocenters. The first-order valence-electron chi connectivity index (χ1n) is 5.05. The van der Waals surface area contributed by atoms with Crippen molar-refractivity contribution in [1.29, 1.82) is 0 Å². The van der Waals surface area contributed by atoms with E-state index >= 15 is 0 Å². The van der Waals surface area contributed by atoms with Gasteiger partial charge in [-0.15, -0.1) is 11.8 Å². The Bertz CT molecular complexity index is 370. The van der Waals surface area contributed by atoms with Gasteiger partial charge < -0.3 is 5.11 Å². The highest BCUT2D eigenvalue weighted by Crippen LogP contribution is 2.19. The zero-order valence-electron chi connectivity index (χ0n) is 9.10. The highest BCUT2D eigenvalue weighted by Gasteiger charge is 2.00. The second kappa shape index (κ2) is 6.33. The summed E-state index contributed by atoms with van der Waals surface area (Å²) in [7, 11) is 0. The second-order valence-corrected chi connectivity index (χ2v) is 4.59. The van der Waals surface area contributed by atoms with Crippen molar-refractivity contribution in [3.05, 3.63) is 29.8 Å². The topological polar surface area (TPSA) is 54.4 Å². The summed E-state index contributed by atoms with van der Waals surface area (Å²) in [5.74, 6) is 0.0843. The van der Waals surface area contributed by atoms with Gasteiger partial charge >= 0.3 is 5.97 Å². The van der Waals surface area contributed by atoms with Crippen LogP contribution in [0.2, 0.25) is 0 Å². The van der Waals surface area contributed by atoms with Crippen LogP contribution in [0.1, 0.15) is 30.1 Å². The lowest BCUT2D eigenvalue weighted by atomic mass is 10.2. The number of Topliss-reactive ketones (excluding diaryl/α,β-unsaturated/α-hetero) is 1. The van der Waals surface area contributed by atoms with Crippen LogP contribution in [-0.4, -0.2) is 22.6 Å². The average Bonchev–Trinajstić information content (AvgIpc) is 2.25. The van der Waals surface area contributed by atoms with E-state index in [4.69, 9.17) is 5.11 Å². The largest absolute Gasteiger partial charge is 0.481 e. The Morgan fingerprint density at radius 1 is 1.25 bits per heavy atom. The molecule has 0 aromatic heterocycles. The standard InChI is InChI=1S/C12H14O3S/c1-9(13)10-4-6-11(7-5-10)16-8-2-3-12(14)15/h4-7H,2-3,8H2,1H3,(H,14,15). The number of carboxylic acid groups (broad SMARTS) is 1. The molecule has 1 N–H and O–H groups in total. The van der Waals surface area contributed by atoms with Gasteiger partial charge in [-0.05, 0) is 31.2 Å². The predicted molar refractivity (Wildman–Crippen MR) is 64.0 cm³/mol. The van der Waals surface area contributed by atoms with Crippen molar-refractivity contribution >= 4 is 23.5 Å². The maximum absolute atomic E-state index is 11.0. The van der Waals surface area contributed by atoms with Crippen LogP contribution < -0.4 is 0 Å².